The fraction of sp³-hybridized carbons (Fsp3) is 0.333. The first-order chi connectivity index (χ1) is 11.0. The molecule has 0 radical (unpaired) electrons. The molecule has 0 atom stereocenters. The van der Waals surface area contributed by atoms with Crippen molar-refractivity contribution in [3.63, 3.8) is 0 Å². The second-order valence-electron chi connectivity index (χ2n) is 6.72. The van der Waals surface area contributed by atoms with Crippen LogP contribution in [-0.2, 0) is 5.54 Å². The zero-order valence-electron chi connectivity index (χ0n) is 13.5. The third-order valence-corrected chi connectivity index (χ3v) is 5.12. The number of hydrogen-bond acceptors (Lipinski definition) is 3. The first-order valence-corrected chi connectivity index (χ1v) is 8.16. The minimum absolute atomic E-state index is 0. The van der Waals surface area contributed by atoms with Crippen LogP contribution in [0.15, 0.2) is 36.7 Å². The van der Waals surface area contributed by atoms with Crippen molar-refractivity contribution >= 4 is 35.6 Å². The van der Waals surface area contributed by atoms with E-state index in [9.17, 15) is 4.79 Å². The molecule has 1 saturated heterocycles. The van der Waals surface area contributed by atoms with Gasteiger partial charge < -0.3 is 5.32 Å². The normalized spacial score (nSPS) is 18.8. The van der Waals surface area contributed by atoms with Crippen molar-refractivity contribution in [3.8, 4) is 0 Å². The number of nitrogens with zero attached hydrogens (tertiary/aromatic N) is 2. The maximum atomic E-state index is 12.9. The largest absolute Gasteiger partial charge is 0.315 e. The van der Waals surface area contributed by atoms with Gasteiger partial charge in [-0.05, 0) is 49.2 Å². The van der Waals surface area contributed by atoms with E-state index in [2.05, 4.69) is 16.4 Å². The highest BCUT2D eigenvalue weighted by atomic mass is 35.5. The minimum atomic E-state index is -0.449. The number of carbonyl (C=O) groups excluding carboxylic acids is 1. The van der Waals surface area contributed by atoms with Crippen molar-refractivity contribution in [2.75, 3.05) is 18.0 Å². The third-order valence-electron chi connectivity index (χ3n) is 4.89. The molecule has 1 fully saturated rings. The molecule has 2 aliphatic heterocycles. The van der Waals surface area contributed by atoms with Crippen LogP contribution in [-0.4, -0.2) is 24.0 Å². The highest BCUT2D eigenvalue weighted by molar-refractivity contribution is 6.31. The van der Waals surface area contributed by atoms with Gasteiger partial charge >= 0.3 is 0 Å². The average Bonchev–Trinajstić information content (AvgIpc) is 2.64. The number of nitrogens with one attached hydrogen (secondary N) is 1. The quantitative estimate of drug-likeness (QED) is 0.883. The molecule has 126 valence electrons. The van der Waals surface area contributed by atoms with Gasteiger partial charge in [0.1, 0.15) is 0 Å². The number of rotatable bonds is 2. The number of aromatic nitrogens is 1. The lowest BCUT2D eigenvalue weighted by molar-refractivity contribution is 0.0982. The summed E-state index contributed by atoms with van der Waals surface area (Å²) in [5.74, 6) is 0.493. The van der Waals surface area contributed by atoms with Gasteiger partial charge in [0.25, 0.3) is 5.91 Å². The second kappa shape index (κ2) is 6.03. The predicted molar refractivity (Wildman–Crippen MR) is 98.4 cm³/mol. The molecule has 1 amide bonds. The van der Waals surface area contributed by atoms with Gasteiger partial charge in [-0.2, -0.15) is 0 Å². The summed E-state index contributed by atoms with van der Waals surface area (Å²) < 4.78 is 0. The number of anilines is 1. The molecular formula is C18H19Cl2N3O. The molecule has 0 unspecified atom stereocenters. The summed E-state index contributed by atoms with van der Waals surface area (Å²) in [6.07, 6.45) is 3.66. The number of fused-ring (bicyclic) bond motifs is 1. The molecule has 1 N–H and O–H groups in total. The molecule has 0 bridgehead atoms. The van der Waals surface area contributed by atoms with Crippen molar-refractivity contribution in [2.24, 2.45) is 0 Å². The summed E-state index contributed by atoms with van der Waals surface area (Å²) in [7, 11) is 0. The zero-order chi connectivity index (χ0) is 16.2. The molecule has 0 spiro atoms. The standard InChI is InChI=1S/C18H18ClN3O.ClH/c1-18(2)16-6-13(19)3-4-15(16)17(23)22(18)14-5-11(7-21-10-14)12-8-20-9-12;/h3-7,10,12,20H,8-9H2,1-2H3;1H. The van der Waals surface area contributed by atoms with Gasteiger partial charge in [0, 0.05) is 35.8 Å². The van der Waals surface area contributed by atoms with Crippen molar-refractivity contribution in [2.45, 2.75) is 25.3 Å². The Balaban J connectivity index is 0.00000169. The summed E-state index contributed by atoms with van der Waals surface area (Å²) in [6, 6.07) is 7.56. The molecule has 0 saturated carbocycles. The molecule has 6 heteroatoms. The smallest absolute Gasteiger partial charge is 0.259 e. The molecule has 24 heavy (non-hydrogen) atoms. The number of pyridine rings is 1. The summed E-state index contributed by atoms with van der Waals surface area (Å²) in [5, 5.41) is 3.92. The lowest BCUT2D eigenvalue weighted by atomic mass is 9.92. The topological polar surface area (TPSA) is 45.2 Å². The van der Waals surface area contributed by atoms with Crippen LogP contribution in [0.2, 0.25) is 5.02 Å². The van der Waals surface area contributed by atoms with Gasteiger partial charge in [-0.15, -0.1) is 12.4 Å². The van der Waals surface area contributed by atoms with E-state index in [-0.39, 0.29) is 18.3 Å². The van der Waals surface area contributed by atoms with E-state index in [0.29, 0.717) is 10.9 Å². The van der Waals surface area contributed by atoms with Gasteiger partial charge in [0.05, 0.1) is 17.4 Å². The molecule has 4 nitrogen and oxygen atoms in total. The highest BCUT2D eigenvalue weighted by Crippen LogP contribution is 2.43. The van der Waals surface area contributed by atoms with E-state index in [1.807, 2.05) is 37.1 Å². The molecule has 2 aliphatic rings. The number of amides is 1. The van der Waals surface area contributed by atoms with Crippen LogP contribution >= 0.6 is 24.0 Å². The summed E-state index contributed by atoms with van der Waals surface area (Å²) in [6.45, 7) is 6.03. The van der Waals surface area contributed by atoms with Gasteiger partial charge in [-0.3, -0.25) is 14.7 Å². The number of halogens is 2. The Morgan fingerprint density at radius 3 is 2.67 bits per heavy atom. The van der Waals surface area contributed by atoms with E-state index >= 15 is 0 Å². The van der Waals surface area contributed by atoms with Crippen LogP contribution in [0.4, 0.5) is 5.69 Å². The Bertz CT molecular complexity index is 803. The number of hydrogen-bond donors (Lipinski definition) is 1. The number of carbonyl (C=O) groups is 1. The van der Waals surface area contributed by atoms with Crippen molar-refractivity contribution in [1.82, 2.24) is 10.3 Å². The maximum absolute atomic E-state index is 12.9. The lowest BCUT2D eigenvalue weighted by Gasteiger charge is -2.33. The molecule has 1 aromatic carbocycles. The van der Waals surface area contributed by atoms with Gasteiger partial charge in [-0.1, -0.05) is 11.6 Å². The first kappa shape index (κ1) is 17.2. The van der Waals surface area contributed by atoms with Crippen LogP contribution < -0.4 is 10.2 Å². The molecule has 0 aliphatic carbocycles. The van der Waals surface area contributed by atoms with Gasteiger partial charge in [0.15, 0.2) is 0 Å². The summed E-state index contributed by atoms with van der Waals surface area (Å²) in [4.78, 5) is 19.1. The Hall–Kier alpha value is -1.62. The SMILES string of the molecule is CC1(C)c2cc(Cl)ccc2C(=O)N1c1cncc(C2CNC2)c1.Cl. The second-order valence-corrected chi connectivity index (χ2v) is 7.16. The van der Waals surface area contributed by atoms with Gasteiger partial charge in [0.2, 0.25) is 0 Å². The summed E-state index contributed by atoms with van der Waals surface area (Å²) >= 11 is 6.14. The minimum Gasteiger partial charge on any atom is -0.315 e. The van der Waals surface area contributed by atoms with Crippen molar-refractivity contribution in [1.29, 1.82) is 0 Å². The monoisotopic (exact) mass is 363 g/mol. The molecule has 3 heterocycles. The molecular weight excluding hydrogens is 345 g/mol. The predicted octanol–water partition coefficient (Wildman–Crippen LogP) is 3.74. The average molecular weight is 364 g/mol. The van der Waals surface area contributed by atoms with Gasteiger partial charge in [-0.25, -0.2) is 0 Å². The van der Waals surface area contributed by atoms with E-state index < -0.39 is 5.54 Å². The Labute approximate surface area is 152 Å². The highest BCUT2D eigenvalue weighted by Gasteiger charge is 2.44. The van der Waals surface area contributed by atoms with Crippen LogP contribution in [0.3, 0.4) is 0 Å². The summed E-state index contributed by atoms with van der Waals surface area (Å²) in [5.41, 5.74) is 3.26. The molecule has 2 aromatic rings. The van der Waals surface area contributed by atoms with Crippen LogP contribution in [0.5, 0.6) is 0 Å². The fourth-order valence-corrected chi connectivity index (χ4v) is 3.63. The first-order valence-electron chi connectivity index (χ1n) is 7.79. The Morgan fingerprint density at radius 2 is 2.00 bits per heavy atom. The van der Waals surface area contributed by atoms with Crippen molar-refractivity contribution in [3.05, 3.63) is 58.4 Å². The lowest BCUT2D eigenvalue weighted by Crippen LogP contribution is -2.41. The number of benzene rings is 1. The fourth-order valence-electron chi connectivity index (χ4n) is 3.46. The van der Waals surface area contributed by atoms with E-state index in [1.54, 1.807) is 12.3 Å². The van der Waals surface area contributed by atoms with E-state index in [0.717, 1.165) is 29.9 Å². The third kappa shape index (κ3) is 2.50. The Kier molecular flexibility index (Phi) is 4.32. The van der Waals surface area contributed by atoms with E-state index in [4.69, 9.17) is 11.6 Å². The van der Waals surface area contributed by atoms with Crippen LogP contribution in [0.1, 0.15) is 41.3 Å². The van der Waals surface area contributed by atoms with Crippen LogP contribution in [0, 0.1) is 0 Å². The maximum Gasteiger partial charge on any atom is 0.259 e. The van der Waals surface area contributed by atoms with Crippen LogP contribution in [0.25, 0.3) is 0 Å². The molecule has 4 rings (SSSR count). The zero-order valence-corrected chi connectivity index (χ0v) is 15.1. The Morgan fingerprint density at radius 1 is 1.25 bits per heavy atom. The molecule has 1 aromatic heterocycles. The van der Waals surface area contributed by atoms with Crippen molar-refractivity contribution < 1.29 is 4.79 Å². The van der Waals surface area contributed by atoms with E-state index in [1.165, 1.54) is 5.56 Å².